The van der Waals surface area contributed by atoms with E-state index >= 15 is 0 Å². The van der Waals surface area contributed by atoms with Crippen LogP contribution in [0.4, 0.5) is 5.13 Å². The average Bonchev–Trinajstić information content (AvgIpc) is 2.87. The van der Waals surface area contributed by atoms with E-state index < -0.39 is 6.04 Å². The van der Waals surface area contributed by atoms with Crippen LogP contribution >= 0.6 is 23.7 Å². The van der Waals surface area contributed by atoms with Gasteiger partial charge in [0.05, 0.1) is 6.04 Å². The van der Waals surface area contributed by atoms with Crippen molar-refractivity contribution in [2.24, 2.45) is 5.73 Å². The lowest BCUT2D eigenvalue weighted by Gasteiger charge is -2.10. The van der Waals surface area contributed by atoms with Crippen molar-refractivity contribution in [3.63, 3.8) is 0 Å². The first-order chi connectivity index (χ1) is 9.69. The highest BCUT2D eigenvalue weighted by molar-refractivity contribution is 7.15. The Morgan fingerprint density at radius 1 is 1.33 bits per heavy atom. The van der Waals surface area contributed by atoms with Gasteiger partial charge in [0.2, 0.25) is 11.0 Å². The molecule has 0 fully saturated rings. The average molecular weight is 327 g/mol. The molecule has 0 saturated carbocycles. The highest BCUT2D eigenvalue weighted by Gasteiger charge is 2.16. The van der Waals surface area contributed by atoms with E-state index in [2.05, 4.69) is 22.4 Å². The highest BCUT2D eigenvalue weighted by atomic mass is 35.5. The van der Waals surface area contributed by atoms with Crippen LogP contribution in [0.5, 0.6) is 0 Å². The van der Waals surface area contributed by atoms with Crippen LogP contribution in [-0.4, -0.2) is 22.1 Å². The summed E-state index contributed by atoms with van der Waals surface area (Å²) in [5.74, 6) is -0.229. The van der Waals surface area contributed by atoms with Gasteiger partial charge in [-0.3, -0.25) is 10.1 Å². The molecule has 1 aromatic heterocycles. The molecule has 2 rings (SSSR count). The number of hydrogen-bond donors (Lipinski definition) is 2. The van der Waals surface area contributed by atoms with E-state index in [4.69, 9.17) is 5.73 Å². The van der Waals surface area contributed by atoms with Crippen molar-refractivity contribution in [1.82, 2.24) is 10.2 Å². The van der Waals surface area contributed by atoms with Gasteiger partial charge in [0.25, 0.3) is 0 Å². The maximum atomic E-state index is 12.0. The molecular formula is C14H19ClN4OS. The predicted octanol–water partition coefficient (Wildman–Crippen LogP) is 2.42. The van der Waals surface area contributed by atoms with E-state index in [0.29, 0.717) is 11.6 Å². The van der Waals surface area contributed by atoms with Crippen LogP contribution in [0.1, 0.15) is 23.9 Å². The van der Waals surface area contributed by atoms with Crippen molar-refractivity contribution < 1.29 is 4.79 Å². The number of anilines is 1. The number of carbonyl (C=O) groups excluding carboxylic acids is 1. The molecule has 1 amide bonds. The minimum absolute atomic E-state index is 0. The summed E-state index contributed by atoms with van der Waals surface area (Å²) in [6.45, 7) is 2.08. The molecule has 1 heterocycles. The van der Waals surface area contributed by atoms with Crippen molar-refractivity contribution in [3.05, 3.63) is 40.9 Å². The third-order valence-electron chi connectivity index (χ3n) is 2.80. The smallest absolute Gasteiger partial charge is 0.243 e. The highest BCUT2D eigenvalue weighted by Crippen LogP contribution is 2.16. The summed E-state index contributed by atoms with van der Waals surface area (Å²) >= 11 is 1.40. The van der Waals surface area contributed by atoms with Gasteiger partial charge in [-0.1, -0.05) is 48.6 Å². The van der Waals surface area contributed by atoms with Gasteiger partial charge < -0.3 is 5.73 Å². The van der Waals surface area contributed by atoms with E-state index in [0.717, 1.165) is 23.4 Å². The zero-order chi connectivity index (χ0) is 14.4. The predicted molar refractivity (Wildman–Crippen MR) is 87.9 cm³/mol. The number of rotatable bonds is 6. The third kappa shape index (κ3) is 5.41. The number of nitrogens with one attached hydrogen (secondary N) is 1. The minimum atomic E-state index is -0.587. The molecule has 5 nitrogen and oxygen atoms in total. The molecule has 0 saturated heterocycles. The third-order valence-corrected chi connectivity index (χ3v) is 3.69. The van der Waals surface area contributed by atoms with Crippen LogP contribution in [0.15, 0.2) is 30.3 Å². The van der Waals surface area contributed by atoms with Crippen molar-refractivity contribution in [2.45, 2.75) is 32.2 Å². The van der Waals surface area contributed by atoms with Crippen LogP contribution in [0.3, 0.4) is 0 Å². The summed E-state index contributed by atoms with van der Waals surface area (Å²) < 4.78 is 0. The van der Waals surface area contributed by atoms with Gasteiger partial charge in [0, 0.05) is 6.42 Å². The van der Waals surface area contributed by atoms with E-state index in [9.17, 15) is 4.79 Å². The second-order valence-corrected chi connectivity index (χ2v) is 5.60. The number of benzene rings is 1. The lowest BCUT2D eigenvalue weighted by Crippen LogP contribution is -2.37. The SMILES string of the molecule is CCCc1nnc(NC(=O)C(N)Cc2ccccc2)s1.Cl. The molecule has 0 bridgehead atoms. The van der Waals surface area contributed by atoms with Crippen LogP contribution in [0.25, 0.3) is 0 Å². The normalized spacial score (nSPS) is 11.5. The maximum Gasteiger partial charge on any atom is 0.243 e. The Morgan fingerprint density at radius 2 is 2.05 bits per heavy atom. The molecule has 1 aromatic carbocycles. The first-order valence-corrected chi connectivity index (χ1v) is 7.43. The molecule has 21 heavy (non-hydrogen) atoms. The van der Waals surface area contributed by atoms with E-state index in [1.54, 1.807) is 0 Å². The molecule has 3 N–H and O–H groups in total. The van der Waals surface area contributed by atoms with Gasteiger partial charge >= 0.3 is 0 Å². The summed E-state index contributed by atoms with van der Waals surface area (Å²) in [4.78, 5) is 12.0. The Morgan fingerprint density at radius 3 is 2.71 bits per heavy atom. The number of hydrogen-bond acceptors (Lipinski definition) is 5. The van der Waals surface area contributed by atoms with Crippen LogP contribution in [0.2, 0.25) is 0 Å². The van der Waals surface area contributed by atoms with Gasteiger partial charge in [0.15, 0.2) is 0 Å². The number of carbonyl (C=O) groups is 1. The first-order valence-electron chi connectivity index (χ1n) is 6.61. The number of nitrogens with two attached hydrogens (primary N) is 1. The van der Waals surface area contributed by atoms with Crippen molar-refractivity contribution in [2.75, 3.05) is 5.32 Å². The second-order valence-electron chi connectivity index (χ2n) is 4.54. The summed E-state index contributed by atoms with van der Waals surface area (Å²) in [5, 5.41) is 12.1. The molecular weight excluding hydrogens is 308 g/mol. The van der Waals surface area contributed by atoms with E-state index in [-0.39, 0.29) is 18.3 Å². The first kappa shape index (κ1) is 17.6. The fourth-order valence-electron chi connectivity index (χ4n) is 1.78. The maximum absolute atomic E-state index is 12.0. The molecule has 0 aliphatic rings. The number of aryl methyl sites for hydroxylation is 1. The molecule has 0 aliphatic heterocycles. The quantitative estimate of drug-likeness (QED) is 0.854. The Bertz CT molecular complexity index is 561. The molecule has 114 valence electrons. The minimum Gasteiger partial charge on any atom is -0.320 e. The van der Waals surface area contributed by atoms with E-state index in [1.165, 1.54) is 11.3 Å². The Labute approximate surface area is 134 Å². The Kier molecular flexibility index (Phi) is 7.28. The van der Waals surface area contributed by atoms with Crippen molar-refractivity contribution in [1.29, 1.82) is 0 Å². The van der Waals surface area contributed by atoms with Crippen LogP contribution < -0.4 is 11.1 Å². The Hall–Kier alpha value is -1.50. The van der Waals surface area contributed by atoms with Gasteiger partial charge in [0.1, 0.15) is 5.01 Å². The van der Waals surface area contributed by atoms with Crippen LogP contribution in [0, 0.1) is 0 Å². The van der Waals surface area contributed by atoms with E-state index in [1.807, 2.05) is 30.3 Å². The number of amides is 1. The largest absolute Gasteiger partial charge is 0.320 e. The second kappa shape index (κ2) is 8.71. The standard InChI is InChI=1S/C14H18N4OS.ClH/c1-2-6-12-17-18-14(20-12)16-13(19)11(15)9-10-7-4-3-5-8-10;/h3-5,7-8,11H,2,6,9,15H2,1H3,(H,16,18,19);1H. The van der Waals surface area contributed by atoms with Crippen molar-refractivity contribution in [3.8, 4) is 0 Å². The van der Waals surface area contributed by atoms with Gasteiger partial charge in [-0.2, -0.15) is 0 Å². The topological polar surface area (TPSA) is 80.9 Å². The molecule has 1 atom stereocenters. The number of aromatic nitrogens is 2. The zero-order valence-corrected chi connectivity index (χ0v) is 13.4. The lowest BCUT2D eigenvalue weighted by atomic mass is 10.1. The lowest BCUT2D eigenvalue weighted by molar-refractivity contribution is -0.117. The molecule has 0 aliphatic carbocycles. The molecule has 0 spiro atoms. The number of nitrogens with zero attached hydrogens (tertiary/aromatic N) is 2. The molecule has 7 heteroatoms. The monoisotopic (exact) mass is 326 g/mol. The molecule has 2 aromatic rings. The number of halogens is 1. The fourth-order valence-corrected chi connectivity index (χ4v) is 2.62. The van der Waals surface area contributed by atoms with Crippen LogP contribution in [-0.2, 0) is 17.6 Å². The molecule has 1 unspecified atom stereocenters. The fraction of sp³-hybridized carbons (Fsp3) is 0.357. The van der Waals surface area contributed by atoms with Gasteiger partial charge in [-0.15, -0.1) is 22.6 Å². The van der Waals surface area contributed by atoms with Gasteiger partial charge in [-0.05, 0) is 18.4 Å². The summed E-state index contributed by atoms with van der Waals surface area (Å²) in [5.41, 5.74) is 6.95. The summed E-state index contributed by atoms with van der Waals surface area (Å²) in [7, 11) is 0. The summed E-state index contributed by atoms with van der Waals surface area (Å²) in [6.07, 6.45) is 2.40. The van der Waals surface area contributed by atoms with Crippen molar-refractivity contribution >= 4 is 34.8 Å². The zero-order valence-electron chi connectivity index (χ0n) is 11.8. The molecule has 0 radical (unpaired) electrons. The Balaban J connectivity index is 0.00000220. The summed E-state index contributed by atoms with van der Waals surface area (Å²) in [6, 6.07) is 9.13. The van der Waals surface area contributed by atoms with Gasteiger partial charge in [-0.25, -0.2) is 0 Å².